The van der Waals surface area contributed by atoms with Crippen molar-refractivity contribution < 1.29 is 9.53 Å². The summed E-state index contributed by atoms with van der Waals surface area (Å²) in [5, 5.41) is 3.36. The molecule has 0 saturated carbocycles. The highest BCUT2D eigenvalue weighted by molar-refractivity contribution is 5.81. The van der Waals surface area contributed by atoms with Gasteiger partial charge in [0, 0.05) is 19.1 Å². The van der Waals surface area contributed by atoms with Crippen molar-refractivity contribution >= 4 is 5.91 Å². The molecule has 4 heteroatoms. The smallest absolute Gasteiger partial charge is 0.239 e. The average molecular weight is 292 g/mol. The molecule has 2 unspecified atom stereocenters. The SMILES string of the molecule is CCOc1ccc(C(C)NC(C)C(=O)N(CC)CC)cc1. The molecule has 4 nitrogen and oxygen atoms in total. The van der Waals surface area contributed by atoms with Crippen molar-refractivity contribution in [3.8, 4) is 5.75 Å². The van der Waals surface area contributed by atoms with E-state index >= 15 is 0 Å². The summed E-state index contributed by atoms with van der Waals surface area (Å²) >= 11 is 0. The van der Waals surface area contributed by atoms with Gasteiger partial charge >= 0.3 is 0 Å². The van der Waals surface area contributed by atoms with Gasteiger partial charge in [-0.25, -0.2) is 0 Å². The van der Waals surface area contributed by atoms with Crippen molar-refractivity contribution in [2.24, 2.45) is 0 Å². The van der Waals surface area contributed by atoms with Gasteiger partial charge in [0.15, 0.2) is 0 Å². The number of carbonyl (C=O) groups excluding carboxylic acids is 1. The number of likely N-dealkylation sites (N-methyl/N-ethyl adjacent to an activating group) is 1. The maximum atomic E-state index is 12.3. The molecule has 1 amide bonds. The Morgan fingerprint density at radius 3 is 2.19 bits per heavy atom. The molecule has 0 bridgehead atoms. The van der Waals surface area contributed by atoms with Gasteiger partial charge in [-0.3, -0.25) is 10.1 Å². The van der Waals surface area contributed by atoms with Gasteiger partial charge < -0.3 is 9.64 Å². The molecule has 1 N–H and O–H groups in total. The first-order valence-electron chi connectivity index (χ1n) is 7.81. The summed E-state index contributed by atoms with van der Waals surface area (Å²) in [5.74, 6) is 1.03. The van der Waals surface area contributed by atoms with E-state index in [1.165, 1.54) is 0 Å². The zero-order chi connectivity index (χ0) is 15.8. The Hall–Kier alpha value is -1.55. The number of hydrogen-bond donors (Lipinski definition) is 1. The van der Waals surface area contributed by atoms with Crippen molar-refractivity contribution in [2.45, 2.75) is 46.7 Å². The zero-order valence-corrected chi connectivity index (χ0v) is 13.8. The first-order valence-corrected chi connectivity index (χ1v) is 7.81. The predicted molar refractivity (Wildman–Crippen MR) is 86.6 cm³/mol. The van der Waals surface area contributed by atoms with E-state index in [0.717, 1.165) is 24.4 Å². The Morgan fingerprint density at radius 1 is 1.14 bits per heavy atom. The van der Waals surface area contributed by atoms with Crippen LogP contribution in [0.15, 0.2) is 24.3 Å². The number of rotatable bonds is 8. The van der Waals surface area contributed by atoms with Gasteiger partial charge in [0.1, 0.15) is 5.75 Å². The number of benzene rings is 1. The summed E-state index contributed by atoms with van der Waals surface area (Å²) in [5.41, 5.74) is 1.15. The quantitative estimate of drug-likeness (QED) is 0.801. The van der Waals surface area contributed by atoms with Crippen LogP contribution in [0.25, 0.3) is 0 Å². The molecule has 1 aromatic carbocycles. The monoisotopic (exact) mass is 292 g/mol. The minimum Gasteiger partial charge on any atom is -0.494 e. The van der Waals surface area contributed by atoms with Gasteiger partial charge in [-0.05, 0) is 52.3 Å². The number of ether oxygens (including phenoxy) is 1. The van der Waals surface area contributed by atoms with Crippen LogP contribution >= 0.6 is 0 Å². The van der Waals surface area contributed by atoms with Crippen LogP contribution in [0.3, 0.4) is 0 Å². The molecule has 0 saturated heterocycles. The second-order valence-corrected chi connectivity index (χ2v) is 5.12. The van der Waals surface area contributed by atoms with Crippen LogP contribution in [0.1, 0.15) is 46.2 Å². The van der Waals surface area contributed by atoms with Crippen LogP contribution in [-0.2, 0) is 4.79 Å². The molecule has 0 heterocycles. The summed E-state index contributed by atoms with van der Waals surface area (Å²) in [6.45, 7) is 12.1. The van der Waals surface area contributed by atoms with Crippen molar-refractivity contribution in [1.29, 1.82) is 0 Å². The van der Waals surface area contributed by atoms with E-state index in [9.17, 15) is 4.79 Å². The van der Waals surface area contributed by atoms with Crippen LogP contribution in [0.4, 0.5) is 0 Å². The van der Waals surface area contributed by atoms with Gasteiger partial charge in [0.25, 0.3) is 0 Å². The van der Waals surface area contributed by atoms with E-state index in [2.05, 4.69) is 12.2 Å². The summed E-state index contributed by atoms with van der Waals surface area (Å²) in [4.78, 5) is 14.1. The number of hydrogen-bond acceptors (Lipinski definition) is 3. The molecule has 0 aliphatic rings. The van der Waals surface area contributed by atoms with Gasteiger partial charge in [-0.2, -0.15) is 0 Å². The number of nitrogens with one attached hydrogen (secondary N) is 1. The Labute approximate surface area is 128 Å². The standard InChI is InChI=1S/C17H28N2O2/c1-6-19(7-2)17(20)14(5)18-13(4)15-9-11-16(12-10-15)21-8-3/h9-14,18H,6-8H2,1-5H3. The van der Waals surface area contributed by atoms with E-state index in [1.54, 1.807) is 0 Å². The topological polar surface area (TPSA) is 41.6 Å². The minimum absolute atomic E-state index is 0.121. The fraction of sp³-hybridized carbons (Fsp3) is 0.588. The van der Waals surface area contributed by atoms with Crippen molar-refractivity contribution in [1.82, 2.24) is 10.2 Å². The van der Waals surface area contributed by atoms with E-state index in [4.69, 9.17) is 4.74 Å². The van der Waals surface area contributed by atoms with Gasteiger partial charge in [0.05, 0.1) is 12.6 Å². The summed E-state index contributed by atoms with van der Waals surface area (Å²) in [6, 6.07) is 7.94. The average Bonchev–Trinajstić information content (AvgIpc) is 2.49. The van der Waals surface area contributed by atoms with Gasteiger partial charge in [0.2, 0.25) is 5.91 Å². The van der Waals surface area contributed by atoms with Crippen LogP contribution < -0.4 is 10.1 Å². The fourth-order valence-electron chi connectivity index (χ4n) is 2.37. The third kappa shape index (κ3) is 5.05. The number of nitrogens with zero attached hydrogens (tertiary/aromatic N) is 1. The maximum Gasteiger partial charge on any atom is 0.239 e. The molecule has 2 atom stereocenters. The van der Waals surface area contributed by atoms with E-state index in [0.29, 0.717) is 6.61 Å². The second kappa shape index (κ2) is 8.67. The fourth-order valence-corrected chi connectivity index (χ4v) is 2.37. The first kappa shape index (κ1) is 17.5. The largest absolute Gasteiger partial charge is 0.494 e. The lowest BCUT2D eigenvalue weighted by atomic mass is 10.1. The molecule has 118 valence electrons. The highest BCUT2D eigenvalue weighted by Gasteiger charge is 2.20. The second-order valence-electron chi connectivity index (χ2n) is 5.12. The molecule has 0 radical (unpaired) electrons. The Balaban J connectivity index is 2.63. The lowest BCUT2D eigenvalue weighted by Gasteiger charge is -2.26. The summed E-state index contributed by atoms with van der Waals surface area (Å²) in [7, 11) is 0. The normalized spacial score (nSPS) is 13.6. The molecule has 0 spiro atoms. The van der Waals surface area contributed by atoms with Gasteiger partial charge in [-0.15, -0.1) is 0 Å². The molecule has 21 heavy (non-hydrogen) atoms. The summed E-state index contributed by atoms with van der Waals surface area (Å²) in [6.07, 6.45) is 0. The predicted octanol–water partition coefficient (Wildman–Crippen LogP) is 2.99. The zero-order valence-electron chi connectivity index (χ0n) is 13.8. The Morgan fingerprint density at radius 2 is 1.71 bits per heavy atom. The maximum absolute atomic E-state index is 12.3. The molecule has 1 rings (SSSR count). The van der Waals surface area contributed by atoms with E-state index < -0.39 is 0 Å². The third-order valence-corrected chi connectivity index (χ3v) is 3.64. The van der Waals surface area contributed by atoms with Crippen LogP contribution in [0.5, 0.6) is 5.75 Å². The third-order valence-electron chi connectivity index (χ3n) is 3.64. The lowest BCUT2D eigenvalue weighted by molar-refractivity contribution is -0.132. The van der Waals surface area contributed by atoms with Crippen LogP contribution in [0, 0.1) is 0 Å². The van der Waals surface area contributed by atoms with E-state index in [-0.39, 0.29) is 18.0 Å². The highest BCUT2D eigenvalue weighted by atomic mass is 16.5. The lowest BCUT2D eigenvalue weighted by Crippen LogP contribution is -2.45. The molecule has 0 aliphatic carbocycles. The molecule has 0 aliphatic heterocycles. The summed E-state index contributed by atoms with van der Waals surface area (Å²) < 4.78 is 5.44. The first-order chi connectivity index (χ1) is 10.0. The molecular weight excluding hydrogens is 264 g/mol. The Kier molecular flexibility index (Phi) is 7.23. The Bertz CT molecular complexity index is 427. The molecular formula is C17H28N2O2. The minimum atomic E-state index is -0.188. The van der Waals surface area contributed by atoms with Crippen LogP contribution in [0.2, 0.25) is 0 Å². The van der Waals surface area contributed by atoms with Crippen molar-refractivity contribution in [3.63, 3.8) is 0 Å². The van der Waals surface area contributed by atoms with Crippen molar-refractivity contribution in [3.05, 3.63) is 29.8 Å². The van der Waals surface area contributed by atoms with Gasteiger partial charge in [-0.1, -0.05) is 12.1 Å². The van der Waals surface area contributed by atoms with Crippen LogP contribution in [-0.4, -0.2) is 36.5 Å². The molecule has 1 aromatic rings. The number of amides is 1. The van der Waals surface area contributed by atoms with E-state index in [1.807, 2.05) is 56.9 Å². The molecule has 0 fully saturated rings. The van der Waals surface area contributed by atoms with Crippen molar-refractivity contribution in [2.75, 3.05) is 19.7 Å². The molecule has 0 aromatic heterocycles. The highest BCUT2D eigenvalue weighted by Crippen LogP contribution is 2.18. The number of carbonyl (C=O) groups is 1.